The van der Waals surface area contributed by atoms with Crippen molar-refractivity contribution >= 4 is 10.9 Å². The Balaban J connectivity index is 2.13. The van der Waals surface area contributed by atoms with Crippen LogP contribution >= 0.6 is 0 Å². The summed E-state index contributed by atoms with van der Waals surface area (Å²) < 4.78 is 28.3. The largest absolute Gasteiger partial charge is 0.250 e. The monoisotopic (exact) mass is 288 g/mol. The Kier molecular flexibility index (Phi) is 3.37. The first-order chi connectivity index (χ1) is 10.1. The second-order valence-electron chi connectivity index (χ2n) is 5.27. The smallest absolute Gasteiger partial charge is 0.161 e. The molecule has 0 amide bonds. The first kappa shape index (κ1) is 13.6. The third-order valence-electron chi connectivity index (χ3n) is 3.41. The average molecular weight is 288 g/mol. The number of pyridine rings is 1. The van der Waals surface area contributed by atoms with E-state index in [1.165, 1.54) is 0 Å². The van der Waals surface area contributed by atoms with Gasteiger partial charge in [0, 0.05) is 17.6 Å². The second-order valence-corrected chi connectivity index (χ2v) is 5.27. The van der Waals surface area contributed by atoms with Gasteiger partial charge in [-0.1, -0.05) is 25.1 Å². The highest BCUT2D eigenvalue weighted by Gasteiger charge is 2.20. The molecule has 3 aromatic rings. The van der Waals surface area contributed by atoms with E-state index in [1.54, 1.807) is 23.1 Å². The van der Waals surface area contributed by atoms with Gasteiger partial charge in [-0.05, 0) is 18.1 Å². The number of nitrogens with zero attached hydrogens (tertiary/aromatic N) is 4. The lowest BCUT2D eigenvalue weighted by molar-refractivity contribution is 0.387. The number of rotatable bonds is 3. The van der Waals surface area contributed by atoms with Crippen LogP contribution in [-0.2, 0) is 0 Å². The van der Waals surface area contributed by atoms with E-state index in [-0.39, 0.29) is 12.0 Å². The lowest BCUT2D eigenvalue weighted by Gasteiger charge is -2.20. The summed E-state index contributed by atoms with van der Waals surface area (Å²) in [7, 11) is 0. The molecule has 4 nitrogen and oxygen atoms in total. The van der Waals surface area contributed by atoms with E-state index < -0.39 is 11.6 Å². The van der Waals surface area contributed by atoms with E-state index >= 15 is 0 Å². The van der Waals surface area contributed by atoms with Crippen LogP contribution in [0.3, 0.4) is 0 Å². The summed E-state index contributed by atoms with van der Waals surface area (Å²) in [5.74, 6) is -1.54. The highest BCUT2D eigenvalue weighted by atomic mass is 19.2. The molecule has 0 bridgehead atoms. The van der Waals surface area contributed by atoms with Crippen LogP contribution in [0.25, 0.3) is 10.9 Å². The standard InChI is InChI=1S/C15H14F2N4/c1-9(2)15(21-6-5-18-20-21)13-4-3-10-7-11(16)12(17)8-14(10)19-13/h3-9,15H,1-2H3. The summed E-state index contributed by atoms with van der Waals surface area (Å²) in [4.78, 5) is 4.46. The molecule has 0 N–H and O–H groups in total. The van der Waals surface area contributed by atoms with Gasteiger partial charge in [-0.3, -0.25) is 4.98 Å². The van der Waals surface area contributed by atoms with Crippen LogP contribution in [0.4, 0.5) is 8.78 Å². The Morgan fingerprint density at radius 2 is 1.86 bits per heavy atom. The molecule has 108 valence electrons. The minimum Gasteiger partial charge on any atom is -0.250 e. The van der Waals surface area contributed by atoms with Crippen molar-refractivity contribution in [1.29, 1.82) is 0 Å². The van der Waals surface area contributed by atoms with Gasteiger partial charge in [0.2, 0.25) is 0 Å². The van der Waals surface area contributed by atoms with Crippen LogP contribution in [0.15, 0.2) is 36.7 Å². The zero-order chi connectivity index (χ0) is 15.0. The zero-order valence-corrected chi connectivity index (χ0v) is 11.7. The Bertz CT molecular complexity index is 769. The normalized spacial score (nSPS) is 13.0. The van der Waals surface area contributed by atoms with Gasteiger partial charge in [0.15, 0.2) is 11.6 Å². The van der Waals surface area contributed by atoms with E-state index in [9.17, 15) is 8.78 Å². The topological polar surface area (TPSA) is 43.6 Å². The molecule has 1 atom stereocenters. The van der Waals surface area contributed by atoms with Gasteiger partial charge < -0.3 is 0 Å². The number of halogens is 2. The molecule has 0 aliphatic heterocycles. The minimum absolute atomic E-state index is 0.106. The number of aromatic nitrogens is 4. The van der Waals surface area contributed by atoms with Crippen molar-refractivity contribution in [2.75, 3.05) is 0 Å². The Labute approximate surface area is 120 Å². The predicted molar refractivity (Wildman–Crippen MR) is 74.7 cm³/mol. The lowest BCUT2D eigenvalue weighted by Crippen LogP contribution is -2.18. The van der Waals surface area contributed by atoms with Crippen molar-refractivity contribution < 1.29 is 8.78 Å². The van der Waals surface area contributed by atoms with Crippen molar-refractivity contribution in [1.82, 2.24) is 20.0 Å². The third kappa shape index (κ3) is 2.49. The Morgan fingerprint density at radius 3 is 2.52 bits per heavy atom. The Hall–Kier alpha value is -2.37. The summed E-state index contributed by atoms with van der Waals surface area (Å²) in [5, 5.41) is 8.40. The fourth-order valence-corrected chi connectivity index (χ4v) is 2.45. The predicted octanol–water partition coefficient (Wildman–Crippen LogP) is 3.35. The minimum atomic E-state index is -0.894. The molecule has 0 aliphatic carbocycles. The molecule has 0 spiro atoms. The molecule has 0 radical (unpaired) electrons. The van der Waals surface area contributed by atoms with Crippen molar-refractivity contribution in [2.45, 2.75) is 19.9 Å². The van der Waals surface area contributed by atoms with Gasteiger partial charge in [0.05, 0.1) is 23.4 Å². The van der Waals surface area contributed by atoms with E-state index in [2.05, 4.69) is 15.3 Å². The molecule has 3 rings (SSSR count). The SMILES string of the molecule is CC(C)C(c1ccc2cc(F)c(F)cc2n1)n1ccnn1. The highest BCUT2D eigenvalue weighted by Crippen LogP contribution is 2.26. The summed E-state index contributed by atoms with van der Waals surface area (Å²) in [6.45, 7) is 4.09. The third-order valence-corrected chi connectivity index (χ3v) is 3.41. The molecular formula is C15H14F2N4. The highest BCUT2D eigenvalue weighted by molar-refractivity contribution is 5.78. The lowest BCUT2D eigenvalue weighted by atomic mass is 10.00. The number of hydrogen-bond donors (Lipinski definition) is 0. The van der Waals surface area contributed by atoms with E-state index in [1.807, 2.05) is 19.9 Å². The van der Waals surface area contributed by atoms with Crippen LogP contribution in [0.1, 0.15) is 25.6 Å². The molecule has 1 unspecified atom stereocenters. The fraction of sp³-hybridized carbons (Fsp3) is 0.267. The molecule has 0 saturated carbocycles. The van der Waals surface area contributed by atoms with Crippen LogP contribution in [0.5, 0.6) is 0 Å². The summed E-state index contributed by atoms with van der Waals surface area (Å²) in [6, 6.07) is 5.72. The van der Waals surface area contributed by atoms with Crippen LogP contribution in [0, 0.1) is 17.6 Å². The molecular weight excluding hydrogens is 274 g/mol. The number of benzene rings is 1. The summed E-state index contributed by atoms with van der Waals surface area (Å²) >= 11 is 0. The maximum atomic E-state index is 13.4. The molecule has 0 aliphatic rings. The summed E-state index contributed by atoms with van der Waals surface area (Å²) in [6.07, 6.45) is 3.37. The average Bonchev–Trinajstić information content (AvgIpc) is 2.94. The Morgan fingerprint density at radius 1 is 1.10 bits per heavy atom. The van der Waals surface area contributed by atoms with Crippen molar-refractivity contribution in [3.63, 3.8) is 0 Å². The van der Waals surface area contributed by atoms with E-state index in [4.69, 9.17) is 0 Å². The van der Waals surface area contributed by atoms with Gasteiger partial charge in [-0.2, -0.15) is 0 Å². The first-order valence-electron chi connectivity index (χ1n) is 6.68. The van der Waals surface area contributed by atoms with Crippen molar-refractivity contribution in [3.8, 4) is 0 Å². The van der Waals surface area contributed by atoms with Crippen molar-refractivity contribution in [2.24, 2.45) is 5.92 Å². The van der Waals surface area contributed by atoms with Crippen LogP contribution < -0.4 is 0 Å². The van der Waals surface area contributed by atoms with Crippen LogP contribution in [0.2, 0.25) is 0 Å². The molecule has 2 heterocycles. The second kappa shape index (κ2) is 5.20. The van der Waals surface area contributed by atoms with Gasteiger partial charge in [0.25, 0.3) is 0 Å². The van der Waals surface area contributed by atoms with Gasteiger partial charge in [-0.25, -0.2) is 13.5 Å². The van der Waals surface area contributed by atoms with Crippen LogP contribution in [-0.4, -0.2) is 20.0 Å². The molecule has 1 aromatic carbocycles. The van der Waals surface area contributed by atoms with Gasteiger partial charge >= 0.3 is 0 Å². The zero-order valence-electron chi connectivity index (χ0n) is 11.7. The molecule has 0 saturated heterocycles. The quantitative estimate of drug-likeness (QED) is 0.742. The van der Waals surface area contributed by atoms with Crippen molar-refractivity contribution in [3.05, 3.63) is 54.0 Å². The first-order valence-corrected chi connectivity index (χ1v) is 6.68. The number of hydrogen-bond acceptors (Lipinski definition) is 3. The van der Waals surface area contributed by atoms with E-state index in [0.717, 1.165) is 17.8 Å². The number of fused-ring (bicyclic) bond motifs is 1. The molecule has 0 fully saturated rings. The van der Waals surface area contributed by atoms with Gasteiger partial charge in [0.1, 0.15) is 0 Å². The molecule has 21 heavy (non-hydrogen) atoms. The maximum Gasteiger partial charge on any atom is 0.161 e. The van der Waals surface area contributed by atoms with Gasteiger partial charge in [-0.15, -0.1) is 5.10 Å². The molecule has 2 aromatic heterocycles. The fourth-order valence-electron chi connectivity index (χ4n) is 2.45. The molecule has 6 heteroatoms. The van der Waals surface area contributed by atoms with E-state index in [0.29, 0.717) is 10.9 Å². The summed E-state index contributed by atoms with van der Waals surface area (Å²) in [5.41, 5.74) is 1.17. The maximum absolute atomic E-state index is 13.4.